The van der Waals surface area contributed by atoms with Gasteiger partial charge in [-0.3, -0.25) is 9.58 Å². The quantitative estimate of drug-likeness (QED) is 0.502. The van der Waals surface area contributed by atoms with Crippen molar-refractivity contribution in [3.8, 4) is 0 Å². The fourth-order valence-corrected chi connectivity index (χ4v) is 4.05. The third-order valence-corrected chi connectivity index (χ3v) is 5.92. The summed E-state index contributed by atoms with van der Waals surface area (Å²) in [5, 5.41) is 11.5. The van der Waals surface area contributed by atoms with Crippen molar-refractivity contribution < 1.29 is 4.74 Å². The van der Waals surface area contributed by atoms with Gasteiger partial charge in [-0.1, -0.05) is 24.3 Å². The number of rotatable bonds is 8. The smallest absolute Gasteiger partial charge is 0.191 e. The van der Waals surface area contributed by atoms with Crippen LogP contribution in [0.2, 0.25) is 0 Å². The topological polar surface area (TPSA) is 66.7 Å². The molecule has 0 radical (unpaired) electrons. The number of nitrogens with zero attached hydrogens (tertiary/aromatic N) is 4. The van der Waals surface area contributed by atoms with Gasteiger partial charge in [-0.25, -0.2) is 4.99 Å². The van der Waals surface area contributed by atoms with E-state index in [2.05, 4.69) is 72.6 Å². The highest BCUT2D eigenvalue weighted by Crippen LogP contribution is 2.15. The zero-order chi connectivity index (χ0) is 22.2. The molecule has 0 saturated carbocycles. The van der Waals surface area contributed by atoms with Crippen molar-refractivity contribution >= 4 is 5.96 Å². The third-order valence-electron chi connectivity index (χ3n) is 5.92. The SMILES string of the molecule is CCNC(=NCc1ccccc1CN1CCOCC1)NC(C)Cc1c(C)nn(C)c1C. The molecule has 1 aliphatic rings. The molecule has 2 heterocycles. The number of hydrogen-bond acceptors (Lipinski definition) is 4. The van der Waals surface area contributed by atoms with Crippen LogP contribution in [0, 0.1) is 13.8 Å². The standard InChI is InChI=1S/C24H38N6O/c1-6-25-24(27-18(2)15-23-19(3)28-29(5)20(23)4)26-16-21-9-7-8-10-22(21)17-30-11-13-31-14-12-30/h7-10,18H,6,11-17H2,1-5H3,(H2,25,26,27). The molecule has 1 unspecified atom stereocenters. The molecule has 1 aromatic heterocycles. The van der Waals surface area contributed by atoms with Gasteiger partial charge in [0.15, 0.2) is 5.96 Å². The summed E-state index contributed by atoms with van der Waals surface area (Å²) in [5.74, 6) is 0.857. The zero-order valence-electron chi connectivity index (χ0n) is 19.7. The Balaban J connectivity index is 1.65. The van der Waals surface area contributed by atoms with Crippen LogP contribution in [0.4, 0.5) is 0 Å². The molecule has 2 aromatic rings. The number of morpholine rings is 1. The fraction of sp³-hybridized carbons (Fsp3) is 0.583. The van der Waals surface area contributed by atoms with Crippen LogP contribution < -0.4 is 10.6 Å². The Bertz CT molecular complexity index is 869. The first kappa shape index (κ1) is 23.3. The van der Waals surface area contributed by atoms with E-state index in [4.69, 9.17) is 9.73 Å². The molecule has 1 fully saturated rings. The summed E-state index contributed by atoms with van der Waals surface area (Å²) < 4.78 is 7.44. The molecule has 1 aromatic carbocycles. The third kappa shape index (κ3) is 6.55. The van der Waals surface area contributed by atoms with Crippen molar-refractivity contribution in [1.82, 2.24) is 25.3 Å². The van der Waals surface area contributed by atoms with Crippen LogP contribution >= 0.6 is 0 Å². The summed E-state index contributed by atoms with van der Waals surface area (Å²) in [4.78, 5) is 7.35. The maximum absolute atomic E-state index is 5.48. The van der Waals surface area contributed by atoms with Crippen LogP contribution in [0.1, 0.15) is 41.9 Å². The van der Waals surface area contributed by atoms with Gasteiger partial charge in [0.25, 0.3) is 0 Å². The van der Waals surface area contributed by atoms with Gasteiger partial charge in [-0.15, -0.1) is 0 Å². The number of hydrogen-bond donors (Lipinski definition) is 2. The molecular weight excluding hydrogens is 388 g/mol. The molecule has 0 amide bonds. The van der Waals surface area contributed by atoms with E-state index < -0.39 is 0 Å². The minimum absolute atomic E-state index is 0.253. The van der Waals surface area contributed by atoms with Crippen LogP contribution in [-0.4, -0.2) is 59.5 Å². The molecule has 1 atom stereocenters. The number of nitrogens with one attached hydrogen (secondary N) is 2. The number of guanidine groups is 1. The predicted octanol–water partition coefficient (Wildman–Crippen LogP) is 2.56. The molecule has 3 rings (SSSR count). The van der Waals surface area contributed by atoms with Crippen LogP contribution in [-0.2, 0) is 31.3 Å². The molecule has 7 nitrogen and oxygen atoms in total. The first-order chi connectivity index (χ1) is 15.0. The number of aryl methyl sites for hydroxylation is 2. The molecule has 7 heteroatoms. The summed E-state index contributed by atoms with van der Waals surface area (Å²) in [6.07, 6.45) is 0.920. The normalized spacial score (nSPS) is 16.4. The van der Waals surface area contributed by atoms with Crippen LogP contribution in [0.15, 0.2) is 29.3 Å². The maximum Gasteiger partial charge on any atom is 0.191 e. The Morgan fingerprint density at radius 3 is 2.55 bits per heavy atom. The van der Waals surface area contributed by atoms with E-state index in [-0.39, 0.29) is 6.04 Å². The Labute approximate surface area is 186 Å². The van der Waals surface area contributed by atoms with Gasteiger partial charge in [0.05, 0.1) is 25.5 Å². The van der Waals surface area contributed by atoms with Crippen molar-refractivity contribution in [2.45, 2.75) is 53.2 Å². The highest BCUT2D eigenvalue weighted by molar-refractivity contribution is 5.80. The van der Waals surface area contributed by atoms with Gasteiger partial charge >= 0.3 is 0 Å². The van der Waals surface area contributed by atoms with Crippen LogP contribution in [0.5, 0.6) is 0 Å². The Hall–Kier alpha value is -2.38. The predicted molar refractivity (Wildman–Crippen MR) is 126 cm³/mol. The average molecular weight is 427 g/mol. The molecule has 0 aliphatic carbocycles. The Morgan fingerprint density at radius 2 is 1.90 bits per heavy atom. The minimum atomic E-state index is 0.253. The van der Waals surface area contributed by atoms with E-state index in [1.807, 2.05) is 11.7 Å². The number of aromatic nitrogens is 2. The first-order valence-corrected chi connectivity index (χ1v) is 11.4. The van der Waals surface area contributed by atoms with Crippen molar-refractivity contribution in [2.75, 3.05) is 32.8 Å². The summed E-state index contributed by atoms with van der Waals surface area (Å²) in [6.45, 7) is 14.6. The van der Waals surface area contributed by atoms with E-state index in [9.17, 15) is 0 Å². The van der Waals surface area contributed by atoms with Crippen molar-refractivity contribution in [1.29, 1.82) is 0 Å². The summed E-state index contributed by atoms with van der Waals surface area (Å²) >= 11 is 0. The van der Waals surface area contributed by atoms with Crippen molar-refractivity contribution in [2.24, 2.45) is 12.0 Å². The number of aliphatic imine (C=N–C) groups is 1. The largest absolute Gasteiger partial charge is 0.379 e. The van der Waals surface area contributed by atoms with E-state index in [0.717, 1.165) is 57.5 Å². The fourth-order valence-electron chi connectivity index (χ4n) is 4.05. The maximum atomic E-state index is 5.48. The zero-order valence-corrected chi connectivity index (χ0v) is 19.7. The lowest BCUT2D eigenvalue weighted by atomic mass is 10.1. The highest BCUT2D eigenvalue weighted by Gasteiger charge is 2.15. The van der Waals surface area contributed by atoms with E-state index >= 15 is 0 Å². The van der Waals surface area contributed by atoms with Gasteiger partial charge < -0.3 is 15.4 Å². The monoisotopic (exact) mass is 426 g/mol. The summed E-state index contributed by atoms with van der Waals surface area (Å²) in [7, 11) is 2.00. The second-order valence-corrected chi connectivity index (χ2v) is 8.37. The minimum Gasteiger partial charge on any atom is -0.379 e. The molecule has 1 saturated heterocycles. The number of ether oxygens (including phenoxy) is 1. The first-order valence-electron chi connectivity index (χ1n) is 11.4. The van der Waals surface area contributed by atoms with Crippen molar-refractivity contribution in [3.05, 3.63) is 52.3 Å². The second-order valence-electron chi connectivity index (χ2n) is 8.37. The van der Waals surface area contributed by atoms with Gasteiger partial charge in [-0.05, 0) is 50.8 Å². The molecule has 2 N–H and O–H groups in total. The van der Waals surface area contributed by atoms with Crippen molar-refractivity contribution in [3.63, 3.8) is 0 Å². The highest BCUT2D eigenvalue weighted by atomic mass is 16.5. The Morgan fingerprint density at radius 1 is 1.19 bits per heavy atom. The van der Waals surface area contributed by atoms with Crippen LogP contribution in [0.3, 0.4) is 0 Å². The molecule has 0 spiro atoms. The van der Waals surface area contributed by atoms with Gasteiger partial charge in [0.1, 0.15) is 0 Å². The summed E-state index contributed by atoms with van der Waals surface area (Å²) in [6, 6.07) is 8.88. The molecular formula is C24H38N6O. The van der Waals surface area contributed by atoms with E-state index in [0.29, 0.717) is 6.54 Å². The average Bonchev–Trinajstić information content (AvgIpc) is 3.00. The molecule has 31 heavy (non-hydrogen) atoms. The van der Waals surface area contributed by atoms with Crippen LogP contribution in [0.25, 0.3) is 0 Å². The summed E-state index contributed by atoms with van der Waals surface area (Å²) in [5.41, 5.74) is 6.27. The second kappa shape index (κ2) is 11.3. The number of benzene rings is 1. The van der Waals surface area contributed by atoms with E-state index in [1.54, 1.807) is 0 Å². The lowest BCUT2D eigenvalue weighted by Gasteiger charge is -2.27. The Kier molecular flexibility index (Phi) is 8.49. The molecule has 170 valence electrons. The van der Waals surface area contributed by atoms with Gasteiger partial charge in [0.2, 0.25) is 0 Å². The van der Waals surface area contributed by atoms with Gasteiger partial charge in [0, 0.05) is 45.0 Å². The molecule has 0 bridgehead atoms. The van der Waals surface area contributed by atoms with Gasteiger partial charge in [-0.2, -0.15) is 5.10 Å². The lowest BCUT2D eigenvalue weighted by Crippen LogP contribution is -2.43. The van der Waals surface area contributed by atoms with E-state index in [1.165, 1.54) is 22.4 Å². The molecule has 1 aliphatic heterocycles. The lowest BCUT2D eigenvalue weighted by molar-refractivity contribution is 0.0341.